The second kappa shape index (κ2) is 15.2. The van der Waals surface area contributed by atoms with E-state index >= 15 is 0 Å². The highest BCUT2D eigenvalue weighted by atomic mass is 16.6. The number of urea groups is 2. The van der Waals surface area contributed by atoms with Gasteiger partial charge >= 0.3 is 24.0 Å². The van der Waals surface area contributed by atoms with Gasteiger partial charge in [-0.25, -0.2) is 19.2 Å². The molecule has 0 aromatic carbocycles. The van der Waals surface area contributed by atoms with Crippen LogP contribution in [0.5, 0.6) is 0 Å². The SMILES string of the molecule is CCCCCCCCCCOC(=O)C12N3COCN1C(=O)N1COCN(C3=O)C12C(=O)OCCCCCCCCCC. The maximum atomic E-state index is 14.1. The number of hydrogen-bond acceptors (Lipinski definition) is 8. The van der Waals surface area contributed by atoms with Gasteiger partial charge in [0.25, 0.3) is 11.3 Å². The average molecular weight is 595 g/mol. The van der Waals surface area contributed by atoms with Gasteiger partial charge in [0.1, 0.15) is 26.9 Å². The maximum absolute atomic E-state index is 14.1. The Balaban J connectivity index is 1.44. The van der Waals surface area contributed by atoms with Crippen LogP contribution in [0.15, 0.2) is 0 Å². The molecule has 0 aliphatic carbocycles. The first kappa shape index (κ1) is 32.3. The first-order chi connectivity index (χ1) is 20.5. The molecule has 0 aromatic heterocycles. The number of esters is 2. The fourth-order valence-corrected chi connectivity index (χ4v) is 6.66. The van der Waals surface area contributed by atoms with E-state index in [1.165, 1.54) is 51.4 Å². The molecular formula is C30H50N4O8. The zero-order chi connectivity index (χ0) is 30.0. The largest absolute Gasteiger partial charge is 0.462 e. The number of amides is 4. The summed E-state index contributed by atoms with van der Waals surface area (Å²) in [6, 6.07) is -1.30. The molecule has 0 atom stereocenters. The number of carbonyl (C=O) groups is 4. The fourth-order valence-electron chi connectivity index (χ4n) is 6.66. The Morgan fingerprint density at radius 3 is 1.14 bits per heavy atom. The smallest absolute Gasteiger partial charge is 0.359 e. The molecule has 4 aliphatic heterocycles. The summed E-state index contributed by atoms with van der Waals surface area (Å²) in [5.74, 6) is -1.65. The normalized spacial score (nSPS) is 24.4. The summed E-state index contributed by atoms with van der Waals surface area (Å²) in [4.78, 5) is 59.8. The molecule has 4 fully saturated rings. The van der Waals surface area contributed by atoms with Gasteiger partial charge in [0.05, 0.1) is 13.2 Å². The minimum Gasteiger partial charge on any atom is -0.462 e. The Morgan fingerprint density at radius 2 is 0.833 bits per heavy atom. The first-order valence-electron chi connectivity index (χ1n) is 16.2. The third kappa shape index (κ3) is 5.80. The van der Waals surface area contributed by atoms with E-state index in [2.05, 4.69) is 13.8 Å². The number of rotatable bonds is 20. The van der Waals surface area contributed by atoms with E-state index in [9.17, 15) is 19.2 Å². The summed E-state index contributed by atoms with van der Waals surface area (Å²) in [5.41, 5.74) is -4.11. The van der Waals surface area contributed by atoms with Gasteiger partial charge in [0.2, 0.25) is 0 Å². The standard InChI is InChI=1S/C30H50N4O8/c1-3-5-7-9-11-13-15-17-19-41-25(35)29-30(26(36)42-20-18-16-14-12-10-8-6-4-2)33-23-40-24-34(30)28(38)32(29)22-39-21-31(29)27(33)37/h3-24H2,1-2H3. The predicted octanol–water partition coefficient (Wildman–Crippen LogP) is 5.11. The average Bonchev–Trinajstić information content (AvgIpc) is 3.39. The zero-order valence-electron chi connectivity index (χ0n) is 25.6. The van der Waals surface area contributed by atoms with Crippen LogP contribution in [0.3, 0.4) is 0 Å². The molecule has 12 heteroatoms. The highest BCUT2D eigenvalue weighted by Gasteiger charge is 2.88. The van der Waals surface area contributed by atoms with Crippen molar-refractivity contribution < 1.29 is 38.1 Å². The van der Waals surface area contributed by atoms with Crippen LogP contribution in [-0.4, -0.2) is 95.1 Å². The Bertz CT molecular complexity index is 844. The van der Waals surface area contributed by atoms with Crippen LogP contribution in [-0.2, 0) is 28.5 Å². The lowest BCUT2D eigenvalue weighted by atomic mass is 9.90. The van der Waals surface area contributed by atoms with Crippen LogP contribution in [0.25, 0.3) is 0 Å². The molecule has 0 unspecified atom stereocenters. The molecule has 0 bridgehead atoms. The van der Waals surface area contributed by atoms with Gasteiger partial charge in [-0.3, -0.25) is 19.6 Å². The zero-order valence-corrected chi connectivity index (χ0v) is 25.6. The number of unbranched alkanes of at least 4 members (excludes halogenated alkanes) is 14. The van der Waals surface area contributed by atoms with Crippen LogP contribution in [0.4, 0.5) is 9.59 Å². The van der Waals surface area contributed by atoms with Crippen molar-refractivity contribution in [2.75, 3.05) is 40.1 Å². The molecule has 238 valence electrons. The van der Waals surface area contributed by atoms with E-state index in [1.807, 2.05) is 0 Å². The van der Waals surface area contributed by atoms with E-state index in [1.54, 1.807) is 0 Å². The van der Waals surface area contributed by atoms with Crippen LogP contribution < -0.4 is 0 Å². The fraction of sp³-hybridized carbons (Fsp3) is 0.867. The molecule has 4 saturated heterocycles. The molecular weight excluding hydrogens is 544 g/mol. The van der Waals surface area contributed by atoms with E-state index in [4.69, 9.17) is 18.9 Å². The lowest BCUT2D eigenvalue weighted by Gasteiger charge is -2.47. The predicted molar refractivity (Wildman–Crippen MR) is 152 cm³/mol. The van der Waals surface area contributed by atoms with Gasteiger partial charge in [0, 0.05) is 0 Å². The van der Waals surface area contributed by atoms with Crippen molar-refractivity contribution in [3.8, 4) is 0 Å². The van der Waals surface area contributed by atoms with Crippen LogP contribution >= 0.6 is 0 Å². The molecule has 12 nitrogen and oxygen atoms in total. The van der Waals surface area contributed by atoms with Gasteiger partial charge in [-0.1, -0.05) is 104 Å². The molecule has 4 amide bonds. The molecule has 0 radical (unpaired) electrons. The molecule has 0 N–H and O–H groups in total. The topological polar surface area (TPSA) is 118 Å². The van der Waals surface area contributed by atoms with Gasteiger partial charge in [-0.2, -0.15) is 0 Å². The van der Waals surface area contributed by atoms with Crippen molar-refractivity contribution in [3.05, 3.63) is 0 Å². The van der Waals surface area contributed by atoms with Crippen LogP contribution in [0.1, 0.15) is 117 Å². The van der Waals surface area contributed by atoms with Crippen molar-refractivity contribution in [3.63, 3.8) is 0 Å². The molecule has 4 aliphatic rings. The van der Waals surface area contributed by atoms with Crippen molar-refractivity contribution in [2.45, 2.75) is 128 Å². The third-order valence-electron chi connectivity index (χ3n) is 8.89. The van der Waals surface area contributed by atoms with E-state index in [0.29, 0.717) is 12.8 Å². The van der Waals surface area contributed by atoms with E-state index in [0.717, 1.165) is 58.1 Å². The summed E-state index contributed by atoms with van der Waals surface area (Å²) in [6.07, 6.45) is 17.2. The van der Waals surface area contributed by atoms with Crippen molar-refractivity contribution in [2.24, 2.45) is 0 Å². The number of ether oxygens (including phenoxy) is 4. The molecule has 0 aromatic rings. The van der Waals surface area contributed by atoms with Crippen LogP contribution in [0, 0.1) is 0 Å². The van der Waals surface area contributed by atoms with Crippen molar-refractivity contribution in [1.29, 1.82) is 0 Å². The highest BCUT2D eigenvalue weighted by Crippen LogP contribution is 2.55. The Labute approximate surface area is 249 Å². The third-order valence-corrected chi connectivity index (χ3v) is 8.89. The molecule has 0 saturated carbocycles. The van der Waals surface area contributed by atoms with Crippen molar-refractivity contribution >= 4 is 24.0 Å². The number of nitrogens with zero attached hydrogens (tertiary/aromatic N) is 4. The summed E-state index contributed by atoms with van der Waals surface area (Å²) in [7, 11) is 0. The minimum atomic E-state index is -2.06. The van der Waals surface area contributed by atoms with Gasteiger partial charge in [0.15, 0.2) is 0 Å². The highest BCUT2D eigenvalue weighted by molar-refractivity contribution is 6.09. The number of hydrogen-bond donors (Lipinski definition) is 0. The van der Waals surface area contributed by atoms with Gasteiger partial charge in [-0.05, 0) is 12.8 Å². The molecule has 0 spiro atoms. The summed E-state index contributed by atoms with van der Waals surface area (Å²) < 4.78 is 22.6. The lowest BCUT2D eigenvalue weighted by molar-refractivity contribution is -0.227. The van der Waals surface area contributed by atoms with E-state index < -0.39 is 35.3 Å². The Hall–Kier alpha value is -2.60. The summed E-state index contributed by atoms with van der Waals surface area (Å²) in [6.45, 7) is 3.55. The monoisotopic (exact) mass is 594 g/mol. The van der Waals surface area contributed by atoms with Gasteiger partial charge < -0.3 is 18.9 Å². The van der Waals surface area contributed by atoms with Crippen molar-refractivity contribution in [1.82, 2.24) is 19.6 Å². The van der Waals surface area contributed by atoms with Gasteiger partial charge in [-0.15, -0.1) is 0 Å². The Morgan fingerprint density at radius 1 is 0.548 bits per heavy atom. The summed E-state index contributed by atoms with van der Waals surface area (Å²) in [5, 5.41) is 0. The first-order valence-corrected chi connectivity index (χ1v) is 16.2. The second-order valence-electron chi connectivity index (χ2n) is 11.8. The van der Waals surface area contributed by atoms with Crippen LogP contribution in [0.2, 0.25) is 0 Å². The quantitative estimate of drug-likeness (QED) is 0.141. The second-order valence-corrected chi connectivity index (χ2v) is 11.8. The molecule has 4 heterocycles. The molecule has 4 rings (SSSR count). The number of carbonyl (C=O) groups excluding carboxylic acids is 4. The maximum Gasteiger partial charge on any atom is 0.359 e. The molecule has 42 heavy (non-hydrogen) atoms. The minimum absolute atomic E-state index is 0.125. The summed E-state index contributed by atoms with van der Waals surface area (Å²) >= 11 is 0. The van der Waals surface area contributed by atoms with E-state index in [-0.39, 0.29) is 40.1 Å². The lowest BCUT2D eigenvalue weighted by Crippen LogP contribution is -2.78. The Kier molecular flexibility index (Phi) is 11.7.